The van der Waals surface area contributed by atoms with Gasteiger partial charge in [0.25, 0.3) is 0 Å². The lowest BCUT2D eigenvalue weighted by molar-refractivity contribution is -0.116. The van der Waals surface area contributed by atoms with Crippen LogP contribution in [0.15, 0.2) is 24.5 Å². The summed E-state index contributed by atoms with van der Waals surface area (Å²) in [7, 11) is 0. The molecule has 1 aliphatic heterocycles. The highest BCUT2D eigenvalue weighted by Crippen LogP contribution is 2.23. The summed E-state index contributed by atoms with van der Waals surface area (Å²) in [6.07, 6.45) is -1.04. The Kier molecular flexibility index (Phi) is 3.35. The molecule has 1 aromatic rings. The Bertz CT molecular complexity index is 333. The summed E-state index contributed by atoms with van der Waals surface area (Å²) in [6.45, 7) is -0.367. The van der Waals surface area contributed by atoms with E-state index in [1.807, 2.05) is 0 Å². The zero-order valence-corrected chi connectivity index (χ0v) is 8.43. The normalized spacial score (nSPS) is 33.9. The maximum Gasteiger partial charge on any atom is 0.229 e. The van der Waals surface area contributed by atoms with Crippen LogP contribution in [0, 0.1) is 0 Å². The molecule has 1 aromatic heterocycles. The molecule has 6 nitrogen and oxygen atoms in total. The van der Waals surface area contributed by atoms with E-state index in [2.05, 4.69) is 4.98 Å². The third kappa shape index (κ3) is 2.14. The van der Waals surface area contributed by atoms with Crippen molar-refractivity contribution in [1.82, 2.24) is 4.98 Å². The molecule has 0 spiro atoms. The molecular weight excluding hydrogens is 214 g/mol. The van der Waals surface area contributed by atoms with Crippen molar-refractivity contribution in [3.8, 4) is 5.75 Å². The van der Waals surface area contributed by atoms with E-state index in [9.17, 15) is 10.2 Å². The van der Waals surface area contributed by atoms with E-state index < -0.39 is 24.6 Å². The van der Waals surface area contributed by atoms with Gasteiger partial charge in [0.1, 0.15) is 24.1 Å². The van der Waals surface area contributed by atoms with E-state index in [-0.39, 0.29) is 6.61 Å². The molecule has 6 heteroatoms. The molecule has 0 amide bonds. The summed E-state index contributed by atoms with van der Waals surface area (Å²) in [5, 5.41) is 27.9. The van der Waals surface area contributed by atoms with E-state index in [1.54, 1.807) is 12.1 Å². The number of hydrogen-bond acceptors (Lipinski definition) is 6. The predicted octanol–water partition coefficient (Wildman–Crippen LogP) is -1.10. The van der Waals surface area contributed by atoms with Gasteiger partial charge >= 0.3 is 0 Å². The number of pyridine rings is 1. The van der Waals surface area contributed by atoms with Crippen molar-refractivity contribution in [3.63, 3.8) is 0 Å². The monoisotopic (exact) mass is 227 g/mol. The van der Waals surface area contributed by atoms with Crippen LogP contribution in [0.25, 0.3) is 0 Å². The quantitative estimate of drug-likeness (QED) is 0.607. The number of rotatable bonds is 3. The van der Waals surface area contributed by atoms with Gasteiger partial charge in [-0.25, -0.2) is 0 Å². The van der Waals surface area contributed by atoms with Crippen molar-refractivity contribution in [2.75, 3.05) is 6.61 Å². The maximum atomic E-state index is 9.59. The molecule has 0 bridgehead atoms. The first-order valence-corrected chi connectivity index (χ1v) is 4.91. The van der Waals surface area contributed by atoms with Crippen LogP contribution in [0.2, 0.25) is 0 Å². The number of aromatic nitrogens is 1. The summed E-state index contributed by atoms with van der Waals surface area (Å²) in [4.78, 5) is 3.81. The molecule has 1 saturated heterocycles. The zero-order chi connectivity index (χ0) is 11.5. The van der Waals surface area contributed by atoms with Crippen LogP contribution in [-0.4, -0.2) is 51.5 Å². The molecule has 0 unspecified atom stereocenters. The maximum absolute atomic E-state index is 9.59. The van der Waals surface area contributed by atoms with E-state index in [0.29, 0.717) is 5.75 Å². The molecule has 88 valence electrons. The van der Waals surface area contributed by atoms with Crippen molar-refractivity contribution < 1.29 is 24.8 Å². The third-order valence-corrected chi connectivity index (χ3v) is 2.40. The summed E-state index contributed by atoms with van der Waals surface area (Å²) >= 11 is 0. The Morgan fingerprint density at radius 2 is 1.94 bits per heavy atom. The average Bonchev–Trinajstić information content (AvgIpc) is 2.58. The van der Waals surface area contributed by atoms with Gasteiger partial charge in [0.05, 0.1) is 6.61 Å². The first-order chi connectivity index (χ1) is 7.72. The van der Waals surface area contributed by atoms with Crippen molar-refractivity contribution in [2.45, 2.75) is 24.6 Å². The van der Waals surface area contributed by atoms with Crippen molar-refractivity contribution in [1.29, 1.82) is 0 Å². The first-order valence-electron chi connectivity index (χ1n) is 4.91. The molecule has 3 N–H and O–H groups in total. The number of nitrogens with zero attached hydrogens (tertiary/aromatic N) is 1. The molecule has 0 saturated carbocycles. The standard InChI is InChI=1S/C10H13NO5/c12-5-7-8(13)9(14)10(16-7)15-6-1-3-11-4-2-6/h1-4,7-10,12-14H,5H2/t7-,8-,9-,10-/m1/s1. The lowest BCUT2D eigenvalue weighted by Crippen LogP contribution is -2.35. The smallest absolute Gasteiger partial charge is 0.229 e. The molecule has 0 aromatic carbocycles. The van der Waals surface area contributed by atoms with Gasteiger partial charge < -0.3 is 24.8 Å². The van der Waals surface area contributed by atoms with Crippen LogP contribution in [0.5, 0.6) is 5.75 Å². The Morgan fingerprint density at radius 1 is 1.25 bits per heavy atom. The minimum atomic E-state index is -1.18. The highest BCUT2D eigenvalue weighted by atomic mass is 16.7. The average molecular weight is 227 g/mol. The third-order valence-electron chi connectivity index (χ3n) is 2.40. The van der Waals surface area contributed by atoms with E-state index >= 15 is 0 Å². The molecule has 0 radical (unpaired) electrons. The molecule has 1 fully saturated rings. The largest absolute Gasteiger partial charge is 0.462 e. The lowest BCUT2D eigenvalue weighted by Gasteiger charge is -2.16. The minimum absolute atomic E-state index is 0.367. The molecule has 2 heterocycles. The Morgan fingerprint density at radius 3 is 2.50 bits per heavy atom. The van der Waals surface area contributed by atoms with E-state index in [4.69, 9.17) is 14.6 Å². The second kappa shape index (κ2) is 4.75. The second-order valence-electron chi connectivity index (χ2n) is 3.51. The summed E-state index contributed by atoms with van der Waals surface area (Å²) in [6, 6.07) is 3.21. The van der Waals surface area contributed by atoms with Crippen molar-refractivity contribution in [2.24, 2.45) is 0 Å². The predicted molar refractivity (Wildman–Crippen MR) is 52.6 cm³/mol. The number of aliphatic hydroxyl groups excluding tert-OH is 3. The molecule has 4 atom stereocenters. The number of aliphatic hydroxyl groups is 3. The first kappa shape index (κ1) is 11.3. The van der Waals surface area contributed by atoms with Crippen LogP contribution in [0.1, 0.15) is 0 Å². The molecular formula is C10H13NO5. The van der Waals surface area contributed by atoms with Crippen molar-refractivity contribution >= 4 is 0 Å². The Labute approximate surface area is 92.1 Å². The van der Waals surface area contributed by atoms with Crippen LogP contribution in [0.4, 0.5) is 0 Å². The Hall–Kier alpha value is -1.21. The van der Waals surface area contributed by atoms with Gasteiger partial charge in [0.2, 0.25) is 6.29 Å². The highest BCUT2D eigenvalue weighted by Gasteiger charge is 2.43. The van der Waals surface area contributed by atoms with Gasteiger partial charge in [0.15, 0.2) is 0 Å². The topological polar surface area (TPSA) is 92.0 Å². The summed E-state index contributed by atoms with van der Waals surface area (Å²) in [5.41, 5.74) is 0. The SMILES string of the molecule is OC[C@H]1O[C@@H](Oc2ccncc2)[C@H](O)[C@@H]1O. The van der Waals surface area contributed by atoms with Crippen LogP contribution in [0.3, 0.4) is 0 Å². The van der Waals surface area contributed by atoms with Gasteiger partial charge in [-0.05, 0) is 12.1 Å². The second-order valence-corrected chi connectivity index (χ2v) is 3.51. The van der Waals surface area contributed by atoms with Crippen LogP contribution in [-0.2, 0) is 4.74 Å². The van der Waals surface area contributed by atoms with Gasteiger partial charge in [0, 0.05) is 12.4 Å². The fourth-order valence-electron chi connectivity index (χ4n) is 1.51. The van der Waals surface area contributed by atoms with Gasteiger partial charge in [-0.2, -0.15) is 0 Å². The fourth-order valence-corrected chi connectivity index (χ4v) is 1.51. The number of ether oxygens (including phenoxy) is 2. The van der Waals surface area contributed by atoms with Gasteiger partial charge in [-0.1, -0.05) is 0 Å². The summed E-state index contributed by atoms with van der Waals surface area (Å²) in [5.74, 6) is 0.477. The molecule has 0 aliphatic carbocycles. The fraction of sp³-hybridized carbons (Fsp3) is 0.500. The molecule has 16 heavy (non-hydrogen) atoms. The Balaban J connectivity index is 2.01. The van der Waals surface area contributed by atoms with E-state index in [1.165, 1.54) is 12.4 Å². The highest BCUT2D eigenvalue weighted by molar-refractivity contribution is 5.17. The van der Waals surface area contributed by atoms with Gasteiger partial charge in [-0.15, -0.1) is 0 Å². The number of hydrogen-bond donors (Lipinski definition) is 3. The zero-order valence-electron chi connectivity index (χ0n) is 8.43. The molecule has 1 aliphatic rings. The minimum Gasteiger partial charge on any atom is -0.462 e. The van der Waals surface area contributed by atoms with Crippen molar-refractivity contribution in [3.05, 3.63) is 24.5 Å². The summed E-state index contributed by atoms with van der Waals surface area (Å²) < 4.78 is 10.5. The lowest BCUT2D eigenvalue weighted by atomic mass is 10.1. The van der Waals surface area contributed by atoms with Gasteiger partial charge in [-0.3, -0.25) is 4.98 Å². The molecule has 2 rings (SSSR count). The van der Waals surface area contributed by atoms with E-state index in [0.717, 1.165) is 0 Å². The van der Waals surface area contributed by atoms with Crippen LogP contribution < -0.4 is 4.74 Å². The van der Waals surface area contributed by atoms with Crippen LogP contribution >= 0.6 is 0 Å².